The number of carbonyl (C=O) groups excluding carboxylic acids is 1. The quantitative estimate of drug-likeness (QED) is 0.659. The Morgan fingerprint density at radius 2 is 1.95 bits per heavy atom. The van der Waals surface area contributed by atoms with Gasteiger partial charge in [0.2, 0.25) is 5.82 Å². The molecule has 0 saturated carbocycles. The highest BCUT2D eigenvalue weighted by Gasteiger charge is 2.12. The first-order valence-corrected chi connectivity index (χ1v) is 5.80. The second-order valence-corrected chi connectivity index (χ2v) is 4.08. The van der Waals surface area contributed by atoms with E-state index in [0.29, 0.717) is 11.8 Å². The van der Waals surface area contributed by atoms with Crippen LogP contribution in [0.4, 0.5) is 14.9 Å². The molecule has 1 N–H and O–H groups in total. The Hall–Kier alpha value is -3.30. The summed E-state index contributed by atoms with van der Waals surface area (Å²) in [4.78, 5) is 45.3. The molecule has 0 amide bonds. The van der Waals surface area contributed by atoms with Crippen LogP contribution in [0.25, 0.3) is 0 Å². The van der Waals surface area contributed by atoms with Crippen LogP contribution >= 0.6 is 0 Å². The summed E-state index contributed by atoms with van der Waals surface area (Å²) in [6.45, 7) is -0.288. The molecule has 1 aromatic carbocycles. The summed E-state index contributed by atoms with van der Waals surface area (Å²) in [5.74, 6) is -1.31. The van der Waals surface area contributed by atoms with Gasteiger partial charge in [0, 0.05) is 12.1 Å². The lowest BCUT2D eigenvalue weighted by Gasteiger charge is -2.06. The van der Waals surface area contributed by atoms with Crippen molar-refractivity contribution < 1.29 is 18.8 Å². The number of nitro groups is 1. The summed E-state index contributed by atoms with van der Waals surface area (Å²) in [7, 11) is 0. The average Bonchev–Trinajstić information content (AvgIpc) is 2.49. The third-order valence-corrected chi connectivity index (χ3v) is 2.60. The Morgan fingerprint density at radius 3 is 2.55 bits per heavy atom. The standard InChI is InChI=1S/C12H8FN3O6/c13-9-5-15(11(18)14-10(9)17)12(19)22-6-7-1-3-8(4-2-7)16(20)21/h1-5H,6H2,(H,14,17,18). The number of aromatic nitrogens is 2. The number of H-pyrrole nitrogens is 1. The third-order valence-electron chi connectivity index (χ3n) is 2.60. The predicted octanol–water partition coefficient (Wildman–Crippen LogP) is 0.769. The lowest BCUT2D eigenvalue weighted by molar-refractivity contribution is -0.384. The van der Waals surface area contributed by atoms with E-state index in [1.807, 2.05) is 0 Å². The lowest BCUT2D eigenvalue weighted by Crippen LogP contribution is -2.35. The number of benzene rings is 1. The number of halogens is 1. The highest BCUT2D eigenvalue weighted by molar-refractivity contribution is 5.69. The van der Waals surface area contributed by atoms with Gasteiger partial charge in [-0.25, -0.2) is 14.2 Å². The van der Waals surface area contributed by atoms with E-state index in [4.69, 9.17) is 4.74 Å². The van der Waals surface area contributed by atoms with Crippen LogP contribution in [-0.4, -0.2) is 20.6 Å². The second-order valence-electron chi connectivity index (χ2n) is 4.08. The first-order valence-electron chi connectivity index (χ1n) is 5.80. The van der Waals surface area contributed by atoms with Crippen LogP contribution in [-0.2, 0) is 11.3 Å². The van der Waals surface area contributed by atoms with Gasteiger partial charge in [0.1, 0.15) is 6.61 Å². The van der Waals surface area contributed by atoms with Crippen LogP contribution in [0, 0.1) is 15.9 Å². The van der Waals surface area contributed by atoms with E-state index < -0.39 is 28.1 Å². The summed E-state index contributed by atoms with van der Waals surface area (Å²) in [6.07, 6.45) is -0.780. The molecule has 2 aromatic rings. The monoisotopic (exact) mass is 309 g/mol. The first-order chi connectivity index (χ1) is 10.4. The van der Waals surface area contributed by atoms with Crippen molar-refractivity contribution in [3.63, 3.8) is 0 Å². The molecule has 0 aliphatic heterocycles. The summed E-state index contributed by atoms with van der Waals surface area (Å²) < 4.78 is 18.0. The molecule has 114 valence electrons. The molecule has 0 spiro atoms. The van der Waals surface area contributed by atoms with Gasteiger partial charge in [-0.1, -0.05) is 0 Å². The van der Waals surface area contributed by atoms with Crippen molar-refractivity contribution in [2.24, 2.45) is 0 Å². The van der Waals surface area contributed by atoms with Crippen molar-refractivity contribution in [3.05, 3.63) is 72.8 Å². The zero-order chi connectivity index (χ0) is 16.3. The van der Waals surface area contributed by atoms with Gasteiger partial charge in [-0.2, -0.15) is 4.39 Å². The molecule has 0 saturated heterocycles. The molecule has 0 atom stereocenters. The van der Waals surface area contributed by atoms with E-state index in [9.17, 15) is 28.9 Å². The molecule has 0 bridgehead atoms. The van der Waals surface area contributed by atoms with Gasteiger partial charge in [0.25, 0.3) is 11.2 Å². The molecule has 22 heavy (non-hydrogen) atoms. The molecule has 0 fully saturated rings. The number of nitrogens with one attached hydrogen (secondary N) is 1. The lowest BCUT2D eigenvalue weighted by atomic mass is 10.2. The van der Waals surface area contributed by atoms with Crippen LogP contribution < -0.4 is 11.2 Å². The minimum absolute atomic E-state index is 0.131. The Labute approximate surface area is 120 Å². The van der Waals surface area contributed by atoms with Crippen LogP contribution in [0.15, 0.2) is 40.1 Å². The maximum absolute atomic E-state index is 13.0. The van der Waals surface area contributed by atoms with Gasteiger partial charge >= 0.3 is 11.8 Å². The maximum Gasteiger partial charge on any atom is 0.422 e. The van der Waals surface area contributed by atoms with Gasteiger partial charge in [-0.3, -0.25) is 19.9 Å². The predicted molar refractivity (Wildman–Crippen MR) is 70.0 cm³/mol. The van der Waals surface area contributed by atoms with Crippen molar-refractivity contribution in [1.29, 1.82) is 0 Å². The molecular formula is C12H8FN3O6. The highest BCUT2D eigenvalue weighted by atomic mass is 19.1. The Bertz CT molecular complexity index is 839. The summed E-state index contributed by atoms with van der Waals surface area (Å²) in [5, 5.41) is 10.5. The zero-order valence-corrected chi connectivity index (χ0v) is 10.8. The van der Waals surface area contributed by atoms with Crippen molar-refractivity contribution in [3.8, 4) is 0 Å². The summed E-state index contributed by atoms with van der Waals surface area (Å²) in [5.41, 5.74) is -2.09. The number of hydrogen-bond donors (Lipinski definition) is 1. The van der Waals surface area contributed by atoms with Crippen molar-refractivity contribution in [1.82, 2.24) is 9.55 Å². The van der Waals surface area contributed by atoms with Crippen LogP contribution in [0.5, 0.6) is 0 Å². The number of hydrogen-bond acceptors (Lipinski definition) is 6. The first kappa shape index (κ1) is 15.1. The number of nitro benzene ring substituents is 1. The SMILES string of the molecule is O=C(OCc1ccc([N+](=O)[O-])cc1)n1cc(F)c(=O)[nH]c1=O. The fraction of sp³-hybridized carbons (Fsp3) is 0.0833. The van der Waals surface area contributed by atoms with Crippen molar-refractivity contribution in [2.45, 2.75) is 6.61 Å². The zero-order valence-electron chi connectivity index (χ0n) is 10.8. The summed E-state index contributed by atoms with van der Waals surface area (Å²) >= 11 is 0. The number of nitrogens with zero attached hydrogens (tertiary/aromatic N) is 2. The Kier molecular flexibility index (Phi) is 4.11. The van der Waals surface area contributed by atoms with E-state index in [2.05, 4.69) is 0 Å². The molecule has 0 radical (unpaired) electrons. The minimum atomic E-state index is -1.31. The average molecular weight is 309 g/mol. The van der Waals surface area contributed by atoms with Crippen LogP contribution in [0.3, 0.4) is 0 Å². The van der Waals surface area contributed by atoms with Crippen molar-refractivity contribution in [2.75, 3.05) is 0 Å². The minimum Gasteiger partial charge on any atom is -0.444 e. The second kappa shape index (κ2) is 5.99. The van der Waals surface area contributed by atoms with Gasteiger partial charge < -0.3 is 4.74 Å². The number of aromatic amines is 1. The molecule has 1 aromatic heterocycles. The molecule has 0 aliphatic carbocycles. The van der Waals surface area contributed by atoms with E-state index in [-0.39, 0.29) is 16.9 Å². The van der Waals surface area contributed by atoms with Crippen molar-refractivity contribution >= 4 is 11.8 Å². The Balaban J connectivity index is 2.10. The highest BCUT2D eigenvalue weighted by Crippen LogP contribution is 2.12. The molecule has 2 rings (SSSR count). The fourth-order valence-corrected chi connectivity index (χ4v) is 1.51. The largest absolute Gasteiger partial charge is 0.444 e. The molecule has 9 nitrogen and oxygen atoms in total. The van der Waals surface area contributed by atoms with E-state index in [1.54, 1.807) is 4.98 Å². The molecule has 0 aliphatic rings. The maximum atomic E-state index is 13.0. The van der Waals surface area contributed by atoms with Gasteiger partial charge in [0.05, 0.1) is 11.1 Å². The third kappa shape index (κ3) is 3.23. The fourth-order valence-electron chi connectivity index (χ4n) is 1.51. The smallest absolute Gasteiger partial charge is 0.422 e. The van der Waals surface area contributed by atoms with E-state index in [1.165, 1.54) is 24.3 Å². The van der Waals surface area contributed by atoms with Gasteiger partial charge in [-0.05, 0) is 17.7 Å². The van der Waals surface area contributed by atoms with Crippen LogP contribution in [0.1, 0.15) is 5.56 Å². The number of ether oxygens (including phenoxy) is 1. The number of carbonyl (C=O) groups is 1. The van der Waals surface area contributed by atoms with E-state index in [0.717, 1.165) is 0 Å². The van der Waals surface area contributed by atoms with Gasteiger partial charge in [-0.15, -0.1) is 0 Å². The van der Waals surface area contributed by atoms with E-state index >= 15 is 0 Å². The topological polar surface area (TPSA) is 124 Å². The normalized spacial score (nSPS) is 10.2. The van der Waals surface area contributed by atoms with Gasteiger partial charge in [0.15, 0.2) is 0 Å². The summed E-state index contributed by atoms with van der Waals surface area (Å²) in [6, 6.07) is 5.16. The molecule has 10 heteroatoms. The molecular weight excluding hydrogens is 301 g/mol. The Morgan fingerprint density at radius 1 is 1.32 bits per heavy atom. The molecule has 0 unspecified atom stereocenters. The number of non-ortho nitro benzene ring substituents is 1. The molecule has 1 heterocycles. The number of rotatable bonds is 3. The van der Waals surface area contributed by atoms with Crippen LogP contribution in [0.2, 0.25) is 0 Å².